The molecule has 0 bridgehead atoms. The van der Waals surface area contributed by atoms with Crippen molar-refractivity contribution in [2.24, 2.45) is 0 Å². The number of carbonyl (C=O) groups is 2. The van der Waals surface area contributed by atoms with Crippen LogP contribution in [0, 0.1) is 6.92 Å². The number of hydrogen-bond donors (Lipinski definition) is 1. The number of hydrogen-bond acceptors (Lipinski definition) is 6. The summed E-state index contributed by atoms with van der Waals surface area (Å²) in [5, 5.41) is 11.2. The van der Waals surface area contributed by atoms with Crippen LogP contribution in [0.4, 0.5) is 0 Å². The largest absolute Gasteiger partial charge is 0.505 e. The Morgan fingerprint density at radius 3 is 2.72 bits per heavy atom. The molecule has 8 nitrogen and oxygen atoms in total. The maximum Gasteiger partial charge on any atom is 0.295 e. The number of imidazole rings is 1. The van der Waals surface area contributed by atoms with Gasteiger partial charge in [0, 0.05) is 19.3 Å². The first-order valence-corrected chi connectivity index (χ1v) is 9.30. The number of furan rings is 1. The average molecular weight is 394 g/mol. The molecule has 1 N–H and O–H groups in total. The highest BCUT2D eigenvalue weighted by Crippen LogP contribution is 2.39. The molecular formula is C21H22N4O4. The number of carbonyl (C=O) groups excluding carboxylic acids is 2. The number of aliphatic hydroxyl groups excluding tert-OH is 1. The van der Waals surface area contributed by atoms with Crippen molar-refractivity contribution in [2.75, 3.05) is 27.2 Å². The normalized spacial score (nSPS) is 19.0. The molecule has 3 aromatic heterocycles. The predicted octanol–water partition coefficient (Wildman–Crippen LogP) is 2.22. The molecule has 1 aliphatic rings. The molecular weight excluding hydrogens is 372 g/mol. The number of likely N-dealkylation sites (N-methyl/N-ethyl adjacent to an activating group) is 1. The van der Waals surface area contributed by atoms with Gasteiger partial charge in [-0.25, -0.2) is 4.98 Å². The van der Waals surface area contributed by atoms with E-state index in [1.165, 1.54) is 11.2 Å². The summed E-state index contributed by atoms with van der Waals surface area (Å²) in [4.78, 5) is 33.6. The van der Waals surface area contributed by atoms with E-state index in [2.05, 4.69) is 4.98 Å². The summed E-state index contributed by atoms with van der Waals surface area (Å²) in [6.45, 7) is 2.65. The number of amides is 1. The van der Waals surface area contributed by atoms with Crippen molar-refractivity contribution in [1.82, 2.24) is 19.2 Å². The molecule has 8 heteroatoms. The van der Waals surface area contributed by atoms with Gasteiger partial charge in [0.25, 0.3) is 11.7 Å². The Balaban J connectivity index is 1.90. The quantitative estimate of drug-likeness (QED) is 0.405. The second kappa shape index (κ2) is 7.21. The summed E-state index contributed by atoms with van der Waals surface area (Å²) in [6.07, 6.45) is 3.25. The van der Waals surface area contributed by atoms with Gasteiger partial charge in [0.15, 0.2) is 5.76 Å². The number of aromatic nitrogens is 2. The lowest BCUT2D eigenvalue weighted by Gasteiger charge is -2.24. The highest BCUT2D eigenvalue weighted by Gasteiger charge is 2.47. The lowest BCUT2D eigenvalue weighted by molar-refractivity contribution is -0.140. The van der Waals surface area contributed by atoms with E-state index < -0.39 is 17.7 Å². The molecule has 150 valence electrons. The summed E-state index contributed by atoms with van der Waals surface area (Å²) in [5.41, 5.74) is 1.61. The fourth-order valence-corrected chi connectivity index (χ4v) is 3.69. The molecule has 1 saturated heterocycles. The summed E-state index contributed by atoms with van der Waals surface area (Å²) < 4.78 is 7.24. The molecule has 0 aliphatic carbocycles. The van der Waals surface area contributed by atoms with Gasteiger partial charge in [-0.15, -0.1) is 0 Å². The Hall–Kier alpha value is -3.39. The summed E-state index contributed by atoms with van der Waals surface area (Å²) >= 11 is 0. The predicted molar refractivity (Wildman–Crippen MR) is 106 cm³/mol. The number of aliphatic hydroxyl groups is 1. The minimum atomic E-state index is -0.793. The smallest absolute Gasteiger partial charge is 0.295 e. The Labute approximate surface area is 167 Å². The third-order valence-corrected chi connectivity index (χ3v) is 5.07. The second-order valence-corrected chi connectivity index (χ2v) is 7.29. The molecule has 1 fully saturated rings. The molecule has 0 unspecified atom stereocenters. The zero-order chi connectivity index (χ0) is 20.7. The zero-order valence-electron chi connectivity index (χ0n) is 16.5. The van der Waals surface area contributed by atoms with Gasteiger partial charge < -0.3 is 19.3 Å². The number of likely N-dealkylation sites (tertiary alicyclic amines) is 1. The second-order valence-electron chi connectivity index (χ2n) is 7.29. The van der Waals surface area contributed by atoms with Gasteiger partial charge in [-0.05, 0) is 45.3 Å². The van der Waals surface area contributed by atoms with Crippen LogP contribution >= 0.6 is 0 Å². The Bertz CT molecular complexity index is 1110. The molecule has 4 rings (SSSR count). The van der Waals surface area contributed by atoms with Crippen LogP contribution in [0.15, 0.2) is 52.8 Å². The Morgan fingerprint density at radius 2 is 2.03 bits per heavy atom. The van der Waals surface area contributed by atoms with Crippen LogP contribution in [0.3, 0.4) is 0 Å². The van der Waals surface area contributed by atoms with Gasteiger partial charge in [-0.2, -0.15) is 0 Å². The highest BCUT2D eigenvalue weighted by atomic mass is 16.3. The van der Waals surface area contributed by atoms with Crippen molar-refractivity contribution < 1.29 is 19.1 Å². The highest BCUT2D eigenvalue weighted by molar-refractivity contribution is 6.46. The van der Waals surface area contributed by atoms with Crippen molar-refractivity contribution in [3.63, 3.8) is 0 Å². The summed E-state index contributed by atoms with van der Waals surface area (Å²) in [6, 6.07) is 8.07. The van der Waals surface area contributed by atoms with E-state index in [1.807, 2.05) is 37.2 Å². The van der Waals surface area contributed by atoms with Gasteiger partial charge in [-0.3, -0.25) is 14.0 Å². The molecule has 1 amide bonds. The topological polar surface area (TPSA) is 91.3 Å². The molecule has 4 heterocycles. The molecule has 1 atom stereocenters. The fourth-order valence-electron chi connectivity index (χ4n) is 3.69. The molecule has 1 aliphatic heterocycles. The minimum Gasteiger partial charge on any atom is -0.505 e. The van der Waals surface area contributed by atoms with Crippen LogP contribution in [0.25, 0.3) is 11.4 Å². The average Bonchev–Trinajstić information content (AvgIpc) is 3.37. The first-order chi connectivity index (χ1) is 13.9. The third-order valence-electron chi connectivity index (χ3n) is 5.07. The first kappa shape index (κ1) is 18.9. The number of fused-ring (bicyclic) bond motifs is 1. The van der Waals surface area contributed by atoms with Crippen LogP contribution in [0.5, 0.6) is 0 Å². The van der Waals surface area contributed by atoms with E-state index >= 15 is 0 Å². The van der Waals surface area contributed by atoms with Crippen LogP contribution in [-0.4, -0.2) is 63.2 Å². The van der Waals surface area contributed by atoms with Crippen molar-refractivity contribution in [3.8, 4) is 0 Å². The number of pyridine rings is 1. The maximum absolute atomic E-state index is 13.0. The van der Waals surface area contributed by atoms with Gasteiger partial charge in [0.2, 0.25) is 0 Å². The third kappa shape index (κ3) is 3.11. The molecule has 3 aromatic rings. The fraction of sp³-hybridized carbons (Fsp3) is 0.286. The van der Waals surface area contributed by atoms with Crippen molar-refractivity contribution in [1.29, 1.82) is 0 Å². The molecule has 0 saturated carbocycles. The van der Waals surface area contributed by atoms with Crippen LogP contribution < -0.4 is 0 Å². The molecule has 0 aromatic carbocycles. The van der Waals surface area contributed by atoms with Crippen LogP contribution in [-0.2, 0) is 9.59 Å². The van der Waals surface area contributed by atoms with E-state index in [-0.39, 0.29) is 11.3 Å². The number of ketones is 1. The van der Waals surface area contributed by atoms with Crippen molar-refractivity contribution >= 4 is 23.1 Å². The molecule has 29 heavy (non-hydrogen) atoms. The van der Waals surface area contributed by atoms with Crippen LogP contribution in [0.2, 0.25) is 0 Å². The molecule has 0 radical (unpaired) electrons. The molecule has 0 spiro atoms. The SMILES string of the molecule is Cc1nc2ccccn2c1/C(O)=C1\C(=O)C(=O)N(CCN(C)C)[C@@H]1c1ccco1. The van der Waals surface area contributed by atoms with Crippen molar-refractivity contribution in [2.45, 2.75) is 13.0 Å². The lowest BCUT2D eigenvalue weighted by Crippen LogP contribution is -2.35. The Kier molecular flexibility index (Phi) is 4.71. The summed E-state index contributed by atoms with van der Waals surface area (Å²) in [5.74, 6) is -1.21. The van der Waals surface area contributed by atoms with Gasteiger partial charge in [0.1, 0.15) is 23.1 Å². The van der Waals surface area contributed by atoms with E-state index in [4.69, 9.17) is 4.42 Å². The van der Waals surface area contributed by atoms with Crippen LogP contribution in [0.1, 0.15) is 23.2 Å². The standard InChI is InChI=1S/C21H22N4O4/c1-13-17(24-9-5-4-8-15(24)22-13)19(26)16-18(14-7-6-12-29-14)25(11-10-23(2)3)21(28)20(16)27/h4-9,12,18,26H,10-11H2,1-3H3/b19-16+/t18-/m1/s1. The number of rotatable bonds is 5. The maximum atomic E-state index is 13.0. The van der Waals surface area contributed by atoms with Gasteiger partial charge in [-0.1, -0.05) is 6.07 Å². The number of aryl methyl sites for hydroxylation is 1. The first-order valence-electron chi connectivity index (χ1n) is 9.30. The lowest BCUT2D eigenvalue weighted by atomic mass is 10.0. The number of nitrogens with zero attached hydrogens (tertiary/aromatic N) is 4. The van der Waals surface area contributed by atoms with E-state index in [9.17, 15) is 14.7 Å². The Morgan fingerprint density at radius 1 is 1.24 bits per heavy atom. The van der Waals surface area contributed by atoms with E-state index in [1.54, 1.807) is 29.7 Å². The van der Waals surface area contributed by atoms with Crippen molar-refractivity contribution in [3.05, 3.63) is 65.5 Å². The number of Topliss-reactive ketones (excluding diaryl/α,β-unsaturated/α-hetero) is 1. The van der Waals surface area contributed by atoms with Gasteiger partial charge >= 0.3 is 0 Å². The van der Waals surface area contributed by atoms with E-state index in [0.717, 1.165) is 0 Å². The van der Waals surface area contributed by atoms with E-state index in [0.29, 0.717) is 35.9 Å². The monoisotopic (exact) mass is 394 g/mol. The summed E-state index contributed by atoms with van der Waals surface area (Å²) in [7, 11) is 3.78. The van der Waals surface area contributed by atoms with Gasteiger partial charge in [0.05, 0.1) is 17.5 Å². The minimum absolute atomic E-state index is 0.0115. The zero-order valence-corrected chi connectivity index (χ0v) is 16.5.